The van der Waals surface area contributed by atoms with Crippen LogP contribution in [0.15, 0.2) is 30.3 Å². The zero-order chi connectivity index (χ0) is 23.6. The van der Waals surface area contributed by atoms with Gasteiger partial charge in [-0.1, -0.05) is 25.8 Å². The lowest BCUT2D eigenvalue weighted by atomic mass is 9.70. The fraction of sp³-hybridized carbons (Fsp3) is 0.379. The average Bonchev–Trinajstić information content (AvgIpc) is 3.62. The third-order valence-electron chi connectivity index (χ3n) is 7.81. The van der Waals surface area contributed by atoms with Crippen molar-refractivity contribution in [1.29, 1.82) is 5.26 Å². The minimum Gasteiger partial charge on any atom is -0.368 e. The molecule has 1 aromatic heterocycles. The Bertz CT molecular complexity index is 1450. The molecule has 0 bridgehead atoms. The topological polar surface area (TPSA) is 63.1 Å². The fourth-order valence-corrected chi connectivity index (χ4v) is 5.80. The van der Waals surface area contributed by atoms with Crippen LogP contribution in [0.5, 0.6) is 0 Å². The molecule has 6 rings (SSSR count). The van der Waals surface area contributed by atoms with Gasteiger partial charge in [-0.25, -0.2) is 0 Å². The summed E-state index contributed by atoms with van der Waals surface area (Å²) in [5, 5.41) is 10.2. The van der Waals surface area contributed by atoms with Crippen LogP contribution in [0.4, 0.5) is 5.69 Å². The molecule has 1 saturated carbocycles. The summed E-state index contributed by atoms with van der Waals surface area (Å²) >= 11 is 0. The number of aromatic amines is 1. The predicted molar refractivity (Wildman–Crippen MR) is 134 cm³/mol. The van der Waals surface area contributed by atoms with Gasteiger partial charge in [-0.05, 0) is 49.6 Å². The van der Waals surface area contributed by atoms with Gasteiger partial charge in [-0.2, -0.15) is 5.26 Å². The van der Waals surface area contributed by atoms with Crippen molar-refractivity contribution in [1.82, 2.24) is 9.88 Å². The summed E-state index contributed by atoms with van der Waals surface area (Å²) in [7, 11) is 0. The van der Waals surface area contributed by atoms with Gasteiger partial charge >= 0.3 is 0 Å². The molecule has 3 aromatic rings. The van der Waals surface area contributed by atoms with Crippen LogP contribution in [-0.4, -0.2) is 47.9 Å². The summed E-state index contributed by atoms with van der Waals surface area (Å²) < 4.78 is 0. The zero-order valence-electron chi connectivity index (χ0n) is 20.0. The number of ketones is 1. The van der Waals surface area contributed by atoms with Crippen LogP contribution in [0.2, 0.25) is 0 Å². The summed E-state index contributed by atoms with van der Waals surface area (Å²) in [6, 6.07) is 12.7. The van der Waals surface area contributed by atoms with Crippen LogP contribution < -0.4 is 4.90 Å². The Balaban J connectivity index is 1.48. The first-order chi connectivity index (χ1) is 16.4. The minimum atomic E-state index is -0.382. The monoisotopic (exact) mass is 448 g/mol. The third kappa shape index (κ3) is 3.08. The van der Waals surface area contributed by atoms with Crippen LogP contribution in [0.1, 0.15) is 71.9 Å². The van der Waals surface area contributed by atoms with Gasteiger partial charge in [0.2, 0.25) is 0 Å². The van der Waals surface area contributed by atoms with Crippen molar-refractivity contribution in [2.75, 3.05) is 31.1 Å². The highest BCUT2D eigenvalue weighted by atomic mass is 16.1. The highest BCUT2D eigenvalue weighted by Crippen LogP contribution is 2.45. The molecule has 0 radical (unpaired) electrons. The van der Waals surface area contributed by atoms with Crippen LogP contribution in [-0.2, 0) is 5.41 Å². The Kier molecular flexibility index (Phi) is 4.63. The lowest BCUT2D eigenvalue weighted by Gasteiger charge is -2.38. The Hall–Kier alpha value is -3.54. The first-order valence-electron chi connectivity index (χ1n) is 12.1. The van der Waals surface area contributed by atoms with E-state index in [0.717, 1.165) is 76.8 Å². The molecular formula is C29H28N4O. The molecule has 5 heteroatoms. The number of nitrogens with one attached hydrogen (secondary N) is 1. The molecule has 170 valence electrons. The molecule has 2 aliphatic carbocycles. The summed E-state index contributed by atoms with van der Waals surface area (Å²) in [5.41, 5.74) is 6.53. The Labute approximate surface area is 200 Å². The molecular weight excluding hydrogens is 420 g/mol. The van der Waals surface area contributed by atoms with E-state index >= 15 is 0 Å². The van der Waals surface area contributed by atoms with Gasteiger partial charge in [0.1, 0.15) is 0 Å². The van der Waals surface area contributed by atoms with Gasteiger partial charge in [-0.3, -0.25) is 9.69 Å². The number of rotatable bonds is 2. The smallest absolute Gasteiger partial charge is 0.195 e. The number of nitriles is 1. The first-order valence-corrected chi connectivity index (χ1v) is 12.1. The lowest BCUT2D eigenvalue weighted by Crippen LogP contribution is -2.47. The molecule has 0 spiro atoms. The number of H-pyrrole nitrogens is 1. The van der Waals surface area contributed by atoms with Gasteiger partial charge < -0.3 is 9.88 Å². The second kappa shape index (κ2) is 7.49. The van der Waals surface area contributed by atoms with E-state index in [2.05, 4.69) is 52.6 Å². The van der Waals surface area contributed by atoms with Gasteiger partial charge in [0.05, 0.1) is 22.9 Å². The van der Waals surface area contributed by atoms with Crippen LogP contribution in [0.25, 0.3) is 10.9 Å². The maximum Gasteiger partial charge on any atom is 0.195 e. The SMILES string of the molecule is CC#Cc1cc2c(cc1N1CCN(C3CC3)CC1)C(C)(C)c1[nH]c3cc(C#N)ccc3c1C2=O. The number of carbonyl (C=O) groups is 1. The zero-order valence-corrected chi connectivity index (χ0v) is 20.0. The molecule has 0 atom stereocenters. The summed E-state index contributed by atoms with van der Waals surface area (Å²) in [6.07, 6.45) is 2.68. The Morgan fingerprint density at radius 2 is 1.85 bits per heavy atom. The predicted octanol–water partition coefficient (Wildman–Crippen LogP) is 4.57. The summed E-state index contributed by atoms with van der Waals surface area (Å²) in [4.78, 5) is 22.4. The molecule has 1 N–H and O–H groups in total. The van der Waals surface area contributed by atoms with Crippen molar-refractivity contribution in [3.63, 3.8) is 0 Å². The van der Waals surface area contributed by atoms with Crippen molar-refractivity contribution in [2.45, 2.75) is 45.1 Å². The van der Waals surface area contributed by atoms with Crippen molar-refractivity contribution in [3.05, 3.63) is 63.8 Å². The van der Waals surface area contributed by atoms with E-state index in [1.807, 2.05) is 25.1 Å². The molecule has 2 aromatic carbocycles. The number of carbonyl (C=O) groups excluding carboxylic acids is 1. The number of fused-ring (bicyclic) bond motifs is 4. The molecule has 5 nitrogen and oxygen atoms in total. The fourth-order valence-electron chi connectivity index (χ4n) is 5.80. The molecule has 1 saturated heterocycles. The number of benzene rings is 2. The van der Waals surface area contributed by atoms with Crippen molar-refractivity contribution in [2.24, 2.45) is 0 Å². The van der Waals surface area contributed by atoms with Gasteiger partial charge in [-0.15, -0.1) is 5.92 Å². The second-order valence-electron chi connectivity index (χ2n) is 10.2. The minimum absolute atomic E-state index is 0.0320. The summed E-state index contributed by atoms with van der Waals surface area (Å²) in [6.45, 7) is 10.3. The molecule has 0 unspecified atom stereocenters. The first kappa shape index (κ1) is 21.0. The number of anilines is 1. The van der Waals surface area contributed by atoms with Crippen molar-refractivity contribution < 1.29 is 4.79 Å². The van der Waals surface area contributed by atoms with Crippen LogP contribution in [0.3, 0.4) is 0 Å². The quantitative estimate of drug-likeness (QED) is 0.584. The molecule has 2 heterocycles. The molecule has 1 aliphatic heterocycles. The third-order valence-corrected chi connectivity index (χ3v) is 7.81. The van der Waals surface area contributed by atoms with Gasteiger partial charge in [0.25, 0.3) is 0 Å². The van der Waals surface area contributed by atoms with E-state index in [4.69, 9.17) is 0 Å². The lowest BCUT2D eigenvalue weighted by molar-refractivity contribution is 0.103. The van der Waals surface area contributed by atoms with E-state index in [0.29, 0.717) is 5.56 Å². The van der Waals surface area contributed by atoms with Crippen LogP contribution in [0, 0.1) is 23.2 Å². The number of aromatic nitrogens is 1. The van der Waals surface area contributed by atoms with Gasteiger partial charge in [0.15, 0.2) is 5.78 Å². The Morgan fingerprint density at radius 3 is 2.53 bits per heavy atom. The average molecular weight is 449 g/mol. The largest absolute Gasteiger partial charge is 0.368 e. The van der Waals surface area contributed by atoms with E-state index in [9.17, 15) is 10.1 Å². The number of hydrogen-bond acceptors (Lipinski definition) is 4. The molecule has 2 fully saturated rings. The van der Waals surface area contributed by atoms with E-state index in [1.165, 1.54) is 12.8 Å². The number of hydrogen-bond donors (Lipinski definition) is 1. The molecule has 0 amide bonds. The van der Waals surface area contributed by atoms with E-state index < -0.39 is 0 Å². The molecule has 34 heavy (non-hydrogen) atoms. The second-order valence-corrected chi connectivity index (χ2v) is 10.2. The van der Waals surface area contributed by atoms with Gasteiger partial charge in [0, 0.05) is 65.4 Å². The standard InChI is InChI=1S/C29H28N4O/c1-4-5-19-15-22-23(16-25(19)33-12-10-32(11-13-33)20-7-8-20)29(2,3)28-26(27(22)34)21-9-6-18(17-30)14-24(21)31-28/h6,9,14-16,20,31H,7-8,10-13H2,1-3H3. The maximum absolute atomic E-state index is 13.8. The normalized spacial score (nSPS) is 19.2. The Morgan fingerprint density at radius 1 is 1.09 bits per heavy atom. The van der Waals surface area contributed by atoms with E-state index in [-0.39, 0.29) is 11.2 Å². The number of nitrogens with zero attached hydrogens (tertiary/aromatic N) is 3. The number of piperazine rings is 1. The van der Waals surface area contributed by atoms with Crippen LogP contribution >= 0.6 is 0 Å². The maximum atomic E-state index is 13.8. The highest BCUT2D eigenvalue weighted by molar-refractivity contribution is 6.20. The van der Waals surface area contributed by atoms with Crippen molar-refractivity contribution >= 4 is 22.4 Å². The van der Waals surface area contributed by atoms with Crippen molar-refractivity contribution in [3.8, 4) is 17.9 Å². The summed E-state index contributed by atoms with van der Waals surface area (Å²) in [5.74, 6) is 6.38. The van der Waals surface area contributed by atoms with E-state index in [1.54, 1.807) is 6.07 Å². The molecule has 3 aliphatic rings. The highest BCUT2D eigenvalue weighted by Gasteiger charge is 2.41.